The number of hydrogen-bond donors (Lipinski definition) is 0. The van der Waals surface area contributed by atoms with Crippen molar-refractivity contribution in [3.05, 3.63) is 35.4 Å². The molecule has 0 radical (unpaired) electrons. The number of benzene rings is 1. The maximum Gasteiger partial charge on any atom is 0.338 e. The molecule has 0 bridgehead atoms. The van der Waals surface area contributed by atoms with Crippen LogP contribution in [0.25, 0.3) is 0 Å². The van der Waals surface area contributed by atoms with Crippen molar-refractivity contribution in [1.82, 2.24) is 0 Å². The van der Waals surface area contributed by atoms with Crippen LogP contribution in [0.1, 0.15) is 44.1 Å². The van der Waals surface area contributed by atoms with Crippen LogP contribution in [-0.2, 0) is 11.2 Å². The molecule has 0 N–H and O–H groups in total. The predicted molar refractivity (Wildman–Crippen MR) is 67.7 cm³/mol. The second kappa shape index (κ2) is 7.04. The van der Waals surface area contributed by atoms with Gasteiger partial charge in [0.15, 0.2) is 0 Å². The van der Waals surface area contributed by atoms with Gasteiger partial charge in [-0.2, -0.15) is 0 Å². The summed E-state index contributed by atoms with van der Waals surface area (Å²) in [4.78, 5) is 11.5. The molecule has 0 aromatic heterocycles. The van der Waals surface area contributed by atoms with Crippen LogP contribution in [0.2, 0.25) is 0 Å². The van der Waals surface area contributed by atoms with Gasteiger partial charge in [-0.15, -0.1) is 0 Å². The lowest BCUT2D eigenvalue weighted by atomic mass is 10.0. The van der Waals surface area contributed by atoms with Gasteiger partial charge in [0.05, 0.1) is 12.2 Å². The van der Waals surface area contributed by atoms with E-state index >= 15 is 0 Å². The normalized spacial score (nSPS) is 9.75. The second-order valence-corrected chi connectivity index (χ2v) is 4.02. The van der Waals surface area contributed by atoms with Gasteiger partial charge in [0.25, 0.3) is 0 Å². The van der Waals surface area contributed by atoms with Crippen molar-refractivity contribution in [2.24, 2.45) is 5.92 Å². The van der Waals surface area contributed by atoms with Gasteiger partial charge in [0.2, 0.25) is 0 Å². The average molecular weight is 222 g/mol. The van der Waals surface area contributed by atoms with E-state index in [1.165, 1.54) is 5.56 Å². The maximum atomic E-state index is 11.5. The van der Waals surface area contributed by atoms with E-state index in [1.807, 2.05) is 25.1 Å². The Morgan fingerprint density at radius 3 is 2.62 bits per heavy atom. The maximum absolute atomic E-state index is 11.5. The minimum absolute atomic E-state index is 0. The van der Waals surface area contributed by atoms with Crippen LogP contribution in [0.3, 0.4) is 0 Å². The van der Waals surface area contributed by atoms with Crippen LogP contribution in [0.4, 0.5) is 0 Å². The molecule has 1 aromatic carbocycles. The molecule has 90 valence electrons. The van der Waals surface area contributed by atoms with Crippen LogP contribution >= 0.6 is 0 Å². The van der Waals surface area contributed by atoms with E-state index < -0.39 is 0 Å². The van der Waals surface area contributed by atoms with Gasteiger partial charge in [-0.1, -0.05) is 33.4 Å². The van der Waals surface area contributed by atoms with Gasteiger partial charge in [-0.25, -0.2) is 4.79 Å². The molecule has 0 aliphatic rings. The second-order valence-electron chi connectivity index (χ2n) is 4.02. The highest BCUT2D eigenvalue weighted by Gasteiger charge is 2.07. The van der Waals surface area contributed by atoms with Gasteiger partial charge >= 0.3 is 5.97 Å². The molecular weight excluding hydrogens is 200 g/mol. The van der Waals surface area contributed by atoms with E-state index in [2.05, 4.69) is 13.8 Å². The smallest absolute Gasteiger partial charge is 0.338 e. The van der Waals surface area contributed by atoms with Crippen molar-refractivity contribution in [3.63, 3.8) is 0 Å². The standard InChI is InChI=1S/C13H18O2.CH4/c1-4-15-13(14)12-7-5-6-11(9-12)8-10(2)3;/h5-7,9-10H,4,8H2,1-3H3;1H4. The van der Waals surface area contributed by atoms with Gasteiger partial charge in [-0.05, 0) is 37.0 Å². The zero-order valence-corrected chi connectivity index (χ0v) is 9.62. The minimum atomic E-state index is -0.233. The summed E-state index contributed by atoms with van der Waals surface area (Å²) < 4.78 is 4.95. The molecule has 0 spiro atoms. The molecule has 2 heteroatoms. The number of hydrogen-bond acceptors (Lipinski definition) is 2. The number of carbonyl (C=O) groups excluding carboxylic acids is 1. The summed E-state index contributed by atoms with van der Waals surface area (Å²) >= 11 is 0. The quantitative estimate of drug-likeness (QED) is 0.726. The molecule has 0 aliphatic heterocycles. The molecule has 0 atom stereocenters. The molecule has 0 saturated heterocycles. The van der Waals surface area contributed by atoms with E-state index in [4.69, 9.17) is 4.74 Å². The molecule has 0 fully saturated rings. The Morgan fingerprint density at radius 1 is 1.38 bits per heavy atom. The van der Waals surface area contributed by atoms with Gasteiger partial charge < -0.3 is 4.74 Å². The predicted octanol–water partition coefficient (Wildman–Crippen LogP) is 3.70. The summed E-state index contributed by atoms with van der Waals surface area (Å²) in [6.45, 7) is 6.57. The van der Waals surface area contributed by atoms with Crippen LogP contribution in [-0.4, -0.2) is 12.6 Å². The fourth-order valence-electron chi connectivity index (χ4n) is 1.51. The van der Waals surface area contributed by atoms with Gasteiger partial charge in [0, 0.05) is 0 Å². The van der Waals surface area contributed by atoms with Crippen molar-refractivity contribution in [2.75, 3.05) is 6.61 Å². The number of carbonyl (C=O) groups is 1. The molecule has 16 heavy (non-hydrogen) atoms. The summed E-state index contributed by atoms with van der Waals surface area (Å²) in [6.07, 6.45) is 0.993. The SMILES string of the molecule is C.CCOC(=O)c1cccc(CC(C)C)c1. The Morgan fingerprint density at radius 2 is 2.06 bits per heavy atom. The van der Waals surface area contributed by atoms with Crippen LogP contribution in [0, 0.1) is 5.92 Å². The third kappa shape index (κ3) is 4.47. The number of esters is 1. The van der Waals surface area contributed by atoms with Crippen LogP contribution in [0.15, 0.2) is 24.3 Å². The molecule has 0 unspecified atom stereocenters. The fraction of sp³-hybridized carbons (Fsp3) is 0.500. The minimum Gasteiger partial charge on any atom is -0.462 e. The summed E-state index contributed by atoms with van der Waals surface area (Å²) in [6, 6.07) is 7.66. The molecular formula is C14H22O2. The van der Waals surface area contributed by atoms with E-state index in [0.717, 1.165) is 6.42 Å². The third-order valence-electron chi connectivity index (χ3n) is 2.08. The van der Waals surface area contributed by atoms with E-state index in [1.54, 1.807) is 6.07 Å². The molecule has 0 aliphatic carbocycles. The zero-order valence-electron chi connectivity index (χ0n) is 9.62. The van der Waals surface area contributed by atoms with E-state index in [0.29, 0.717) is 18.1 Å². The lowest BCUT2D eigenvalue weighted by molar-refractivity contribution is 0.0526. The first kappa shape index (κ1) is 14.7. The monoisotopic (exact) mass is 222 g/mol. The van der Waals surface area contributed by atoms with Crippen molar-refractivity contribution >= 4 is 5.97 Å². The first-order chi connectivity index (χ1) is 7.13. The first-order valence-electron chi connectivity index (χ1n) is 5.39. The van der Waals surface area contributed by atoms with Crippen LogP contribution < -0.4 is 0 Å². The number of rotatable bonds is 4. The van der Waals surface area contributed by atoms with Crippen molar-refractivity contribution in [2.45, 2.75) is 34.6 Å². The Labute approximate surface area is 98.6 Å². The van der Waals surface area contributed by atoms with Crippen molar-refractivity contribution < 1.29 is 9.53 Å². The van der Waals surface area contributed by atoms with Gasteiger partial charge in [-0.3, -0.25) is 0 Å². The third-order valence-corrected chi connectivity index (χ3v) is 2.08. The highest BCUT2D eigenvalue weighted by Crippen LogP contribution is 2.11. The molecule has 1 rings (SSSR count). The molecule has 0 saturated carbocycles. The molecule has 0 heterocycles. The Balaban J connectivity index is 0.00000225. The van der Waals surface area contributed by atoms with Crippen LogP contribution in [0.5, 0.6) is 0 Å². The van der Waals surface area contributed by atoms with Gasteiger partial charge in [0.1, 0.15) is 0 Å². The Kier molecular flexibility index (Phi) is 6.47. The summed E-state index contributed by atoms with van der Waals surface area (Å²) in [5, 5.41) is 0. The molecule has 2 nitrogen and oxygen atoms in total. The first-order valence-corrected chi connectivity index (χ1v) is 5.39. The lowest BCUT2D eigenvalue weighted by Gasteiger charge is -2.07. The molecule has 0 amide bonds. The lowest BCUT2D eigenvalue weighted by Crippen LogP contribution is -2.05. The van der Waals surface area contributed by atoms with E-state index in [9.17, 15) is 4.79 Å². The Hall–Kier alpha value is -1.31. The molecule has 1 aromatic rings. The zero-order chi connectivity index (χ0) is 11.3. The summed E-state index contributed by atoms with van der Waals surface area (Å²) in [5.41, 5.74) is 1.84. The Bertz CT molecular complexity index is 329. The summed E-state index contributed by atoms with van der Waals surface area (Å²) in [7, 11) is 0. The van der Waals surface area contributed by atoms with Crippen molar-refractivity contribution in [1.29, 1.82) is 0 Å². The largest absolute Gasteiger partial charge is 0.462 e. The number of ether oxygens (including phenoxy) is 1. The highest BCUT2D eigenvalue weighted by molar-refractivity contribution is 5.89. The highest BCUT2D eigenvalue weighted by atomic mass is 16.5. The van der Waals surface area contributed by atoms with E-state index in [-0.39, 0.29) is 13.4 Å². The topological polar surface area (TPSA) is 26.3 Å². The summed E-state index contributed by atoms with van der Waals surface area (Å²) in [5.74, 6) is 0.366. The van der Waals surface area contributed by atoms with Crippen molar-refractivity contribution in [3.8, 4) is 0 Å². The fourth-order valence-corrected chi connectivity index (χ4v) is 1.51. The average Bonchev–Trinajstić information content (AvgIpc) is 2.17.